The van der Waals surface area contributed by atoms with Crippen LogP contribution < -0.4 is 9.47 Å². The van der Waals surface area contributed by atoms with E-state index in [1.54, 1.807) is 38.7 Å². The van der Waals surface area contributed by atoms with E-state index in [0.717, 1.165) is 57.1 Å². The Kier molecular flexibility index (Phi) is 8.06. The fraction of sp³-hybridized carbons (Fsp3) is 0.0526. The zero-order chi connectivity index (χ0) is 30.5. The van der Waals surface area contributed by atoms with Crippen LogP contribution in [0, 0.1) is 0 Å². The number of aldehydes is 2. The van der Waals surface area contributed by atoms with E-state index in [0.29, 0.717) is 34.0 Å². The van der Waals surface area contributed by atoms with E-state index in [4.69, 9.17) is 19.4 Å². The van der Waals surface area contributed by atoms with Gasteiger partial charge >= 0.3 is 0 Å². The van der Waals surface area contributed by atoms with Gasteiger partial charge in [-0.1, -0.05) is 60.7 Å². The Bertz CT molecular complexity index is 1860. The van der Waals surface area contributed by atoms with Gasteiger partial charge < -0.3 is 9.47 Å². The van der Waals surface area contributed by atoms with Crippen molar-refractivity contribution >= 4 is 12.6 Å². The van der Waals surface area contributed by atoms with Crippen molar-refractivity contribution in [3.63, 3.8) is 0 Å². The monoisotopic (exact) mass is 576 g/mol. The SMILES string of the molecule is COc1ccc(-c2ncccc2-c2ccccc2C=O)c(-c2cc(OC)ccc2-c2ncccc2-c2ccccc2C=O)c1. The number of aromatic nitrogens is 2. The molecule has 6 heteroatoms. The second kappa shape index (κ2) is 12.5. The normalized spacial score (nSPS) is 10.7. The van der Waals surface area contributed by atoms with Crippen molar-refractivity contribution in [2.24, 2.45) is 0 Å². The zero-order valence-corrected chi connectivity index (χ0v) is 24.2. The number of carbonyl (C=O) groups excluding carboxylic acids is 2. The van der Waals surface area contributed by atoms with Crippen molar-refractivity contribution in [2.45, 2.75) is 0 Å². The quantitative estimate of drug-likeness (QED) is 0.161. The third kappa shape index (κ3) is 5.25. The van der Waals surface area contributed by atoms with E-state index in [1.807, 2.05) is 97.1 Å². The maximum atomic E-state index is 12.0. The molecular weight excluding hydrogens is 548 g/mol. The molecule has 4 aromatic carbocycles. The van der Waals surface area contributed by atoms with Gasteiger partial charge in [-0.15, -0.1) is 0 Å². The summed E-state index contributed by atoms with van der Waals surface area (Å²) < 4.78 is 11.4. The summed E-state index contributed by atoms with van der Waals surface area (Å²) in [5.41, 5.74) is 9.13. The van der Waals surface area contributed by atoms with Crippen molar-refractivity contribution in [1.29, 1.82) is 0 Å². The third-order valence-electron chi connectivity index (χ3n) is 7.63. The van der Waals surface area contributed by atoms with E-state index >= 15 is 0 Å². The first-order valence-corrected chi connectivity index (χ1v) is 14.0. The van der Waals surface area contributed by atoms with Gasteiger partial charge in [-0.3, -0.25) is 19.6 Å². The van der Waals surface area contributed by atoms with Crippen LogP contribution in [0.2, 0.25) is 0 Å². The molecular formula is C38H28N2O4. The molecule has 0 saturated heterocycles. The molecule has 0 aliphatic heterocycles. The number of carbonyl (C=O) groups is 2. The smallest absolute Gasteiger partial charge is 0.150 e. The van der Waals surface area contributed by atoms with Gasteiger partial charge in [0, 0.05) is 45.8 Å². The number of pyridine rings is 2. The van der Waals surface area contributed by atoms with Crippen molar-refractivity contribution in [2.75, 3.05) is 14.2 Å². The Morgan fingerprint density at radius 2 is 0.864 bits per heavy atom. The van der Waals surface area contributed by atoms with Gasteiger partial charge in [0.1, 0.15) is 11.5 Å². The molecule has 6 aromatic rings. The Morgan fingerprint density at radius 1 is 0.455 bits per heavy atom. The summed E-state index contributed by atoms with van der Waals surface area (Å²) >= 11 is 0. The predicted octanol–water partition coefficient (Wildman–Crippen LogP) is 8.45. The van der Waals surface area contributed by atoms with Gasteiger partial charge in [0.2, 0.25) is 0 Å². The summed E-state index contributed by atoms with van der Waals surface area (Å²) in [7, 11) is 3.26. The molecule has 2 heterocycles. The minimum atomic E-state index is 0.575. The van der Waals surface area contributed by atoms with Crippen LogP contribution in [0.4, 0.5) is 0 Å². The van der Waals surface area contributed by atoms with Crippen LogP contribution in [-0.2, 0) is 0 Å². The number of ether oxygens (including phenoxy) is 2. The minimum Gasteiger partial charge on any atom is -0.497 e. The first kappa shape index (κ1) is 28.2. The van der Waals surface area contributed by atoms with Crippen LogP contribution in [0.25, 0.3) is 55.9 Å². The van der Waals surface area contributed by atoms with Crippen LogP contribution in [0.3, 0.4) is 0 Å². The lowest BCUT2D eigenvalue weighted by molar-refractivity contribution is 0.111. The summed E-state index contributed by atoms with van der Waals surface area (Å²) in [5.74, 6) is 1.33. The zero-order valence-electron chi connectivity index (χ0n) is 24.2. The van der Waals surface area contributed by atoms with Crippen LogP contribution in [0.15, 0.2) is 122 Å². The number of nitrogens with zero attached hydrogens (tertiary/aromatic N) is 2. The van der Waals surface area contributed by atoms with Gasteiger partial charge in [0.05, 0.1) is 25.6 Å². The second-order valence-electron chi connectivity index (χ2n) is 10.0. The number of benzene rings is 4. The largest absolute Gasteiger partial charge is 0.497 e. The average Bonchev–Trinajstić information content (AvgIpc) is 3.11. The number of hydrogen-bond acceptors (Lipinski definition) is 6. The lowest BCUT2D eigenvalue weighted by atomic mass is 9.87. The molecule has 0 aliphatic rings. The van der Waals surface area contributed by atoms with Crippen molar-refractivity contribution in [3.05, 3.63) is 133 Å². The van der Waals surface area contributed by atoms with Gasteiger partial charge in [0.15, 0.2) is 12.6 Å². The lowest BCUT2D eigenvalue weighted by Crippen LogP contribution is -1.98. The van der Waals surface area contributed by atoms with Gasteiger partial charge in [-0.25, -0.2) is 0 Å². The first-order valence-electron chi connectivity index (χ1n) is 14.0. The molecule has 0 bridgehead atoms. The summed E-state index contributed by atoms with van der Waals surface area (Å²) in [5, 5.41) is 0. The first-order chi connectivity index (χ1) is 21.7. The highest BCUT2D eigenvalue weighted by atomic mass is 16.5. The summed E-state index contributed by atoms with van der Waals surface area (Å²) in [6, 6.07) is 34.3. The van der Waals surface area contributed by atoms with Crippen LogP contribution in [0.1, 0.15) is 20.7 Å². The lowest BCUT2D eigenvalue weighted by Gasteiger charge is -2.19. The average molecular weight is 577 g/mol. The summed E-state index contributed by atoms with van der Waals surface area (Å²) in [6.45, 7) is 0. The maximum absolute atomic E-state index is 12.0. The molecule has 0 saturated carbocycles. The van der Waals surface area contributed by atoms with E-state index < -0.39 is 0 Å². The summed E-state index contributed by atoms with van der Waals surface area (Å²) in [6.07, 6.45) is 5.22. The second-order valence-corrected chi connectivity index (χ2v) is 10.0. The fourth-order valence-corrected chi connectivity index (χ4v) is 5.52. The predicted molar refractivity (Wildman–Crippen MR) is 173 cm³/mol. The van der Waals surface area contributed by atoms with Crippen LogP contribution in [-0.4, -0.2) is 36.8 Å². The van der Waals surface area contributed by atoms with Crippen LogP contribution in [0.5, 0.6) is 11.5 Å². The third-order valence-corrected chi connectivity index (χ3v) is 7.63. The highest BCUT2D eigenvalue weighted by Gasteiger charge is 2.21. The molecule has 0 amide bonds. The molecule has 0 radical (unpaired) electrons. The Hall–Kier alpha value is -5.88. The molecule has 6 nitrogen and oxygen atoms in total. The molecule has 6 rings (SSSR count). The van der Waals surface area contributed by atoms with E-state index in [9.17, 15) is 9.59 Å². The molecule has 0 atom stereocenters. The van der Waals surface area contributed by atoms with Crippen molar-refractivity contribution < 1.29 is 19.1 Å². The fourth-order valence-electron chi connectivity index (χ4n) is 5.52. The Balaban J connectivity index is 1.65. The number of rotatable bonds is 9. The molecule has 214 valence electrons. The molecule has 0 unspecified atom stereocenters. The number of methoxy groups -OCH3 is 2. The van der Waals surface area contributed by atoms with E-state index in [1.165, 1.54) is 0 Å². The van der Waals surface area contributed by atoms with Crippen molar-refractivity contribution in [3.8, 4) is 67.4 Å². The molecule has 0 spiro atoms. The van der Waals surface area contributed by atoms with E-state index in [2.05, 4.69) is 0 Å². The molecule has 0 N–H and O–H groups in total. The van der Waals surface area contributed by atoms with Gasteiger partial charge in [0.25, 0.3) is 0 Å². The van der Waals surface area contributed by atoms with E-state index in [-0.39, 0.29) is 0 Å². The maximum Gasteiger partial charge on any atom is 0.150 e. The number of hydrogen-bond donors (Lipinski definition) is 0. The molecule has 0 fully saturated rings. The Labute approximate surface area is 255 Å². The summed E-state index contributed by atoms with van der Waals surface area (Å²) in [4.78, 5) is 33.7. The standard InChI is InChI=1S/C38H28N2O4/c1-43-27-15-17-33(37-31(13-7-19-39-37)29-11-5-3-9-25(29)23-41)35(21-27)36-22-28(44-2)16-18-34(36)38-32(14-8-20-40-38)30-12-6-4-10-26(30)24-42/h3-24H,1-2H3. The van der Waals surface area contributed by atoms with Crippen LogP contribution >= 0.6 is 0 Å². The Morgan fingerprint density at radius 3 is 1.27 bits per heavy atom. The molecule has 2 aromatic heterocycles. The van der Waals surface area contributed by atoms with Gasteiger partial charge in [-0.05, 0) is 70.8 Å². The molecule has 44 heavy (non-hydrogen) atoms. The topological polar surface area (TPSA) is 78.4 Å². The minimum absolute atomic E-state index is 0.575. The highest BCUT2D eigenvalue weighted by molar-refractivity contribution is 6.00. The van der Waals surface area contributed by atoms with Crippen molar-refractivity contribution in [1.82, 2.24) is 9.97 Å². The highest BCUT2D eigenvalue weighted by Crippen LogP contribution is 2.45. The van der Waals surface area contributed by atoms with Gasteiger partial charge in [-0.2, -0.15) is 0 Å². The molecule has 0 aliphatic carbocycles.